The second kappa shape index (κ2) is 8.80. The lowest BCUT2D eigenvalue weighted by molar-refractivity contribution is -0.138. The number of hydrogen-bond acceptors (Lipinski definition) is 7. The first-order chi connectivity index (χ1) is 13.9. The van der Waals surface area contributed by atoms with Crippen LogP contribution in [0.2, 0.25) is 0 Å². The molecule has 9 heteroatoms. The van der Waals surface area contributed by atoms with E-state index in [0.717, 1.165) is 17.3 Å². The van der Waals surface area contributed by atoms with Gasteiger partial charge in [-0.1, -0.05) is 18.2 Å². The van der Waals surface area contributed by atoms with Crippen molar-refractivity contribution in [3.8, 4) is 17.2 Å². The van der Waals surface area contributed by atoms with Crippen LogP contribution >= 0.6 is 11.8 Å². The van der Waals surface area contributed by atoms with Crippen molar-refractivity contribution in [2.24, 2.45) is 5.73 Å². The summed E-state index contributed by atoms with van der Waals surface area (Å²) in [5, 5.41) is 10.7. The van der Waals surface area contributed by atoms with E-state index in [1.54, 1.807) is 48.5 Å². The summed E-state index contributed by atoms with van der Waals surface area (Å²) in [4.78, 5) is 34.1. The molecule has 1 atom stereocenters. The predicted molar refractivity (Wildman–Crippen MR) is 108 cm³/mol. The Kier molecular flexibility index (Phi) is 6.20. The Hall–Kier alpha value is -3.30. The lowest BCUT2D eigenvalue weighted by Gasteiger charge is -2.12. The number of carbonyl (C=O) groups is 3. The third-order valence-electron chi connectivity index (χ3n) is 4.05. The molecule has 0 spiro atoms. The molecule has 2 amide bonds. The molecule has 3 rings (SSSR count). The van der Waals surface area contributed by atoms with Crippen molar-refractivity contribution in [3.63, 3.8) is 0 Å². The highest BCUT2D eigenvalue weighted by Crippen LogP contribution is 2.34. The summed E-state index contributed by atoms with van der Waals surface area (Å²) in [6, 6.07) is 11.1. The minimum Gasteiger partial charge on any atom is -0.493 e. The van der Waals surface area contributed by atoms with Crippen molar-refractivity contribution >= 4 is 35.0 Å². The molecule has 29 heavy (non-hydrogen) atoms. The summed E-state index contributed by atoms with van der Waals surface area (Å²) < 4.78 is 11.2. The van der Waals surface area contributed by atoms with Crippen LogP contribution < -0.4 is 20.5 Å². The maximum Gasteiger partial charge on any atom is 0.320 e. The van der Waals surface area contributed by atoms with Crippen LogP contribution in [0.25, 0.3) is 6.08 Å². The molecule has 4 N–H and O–H groups in total. The zero-order valence-electron chi connectivity index (χ0n) is 15.4. The molecule has 1 fully saturated rings. The van der Waals surface area contributed by atoms with E-state index >= 15 is 0 Å². The summed E-state index contributed by atoms with van der Waals surface area (Å²) >= 11 is 0.840. The number of methoxy groups -OCH3 is 1. The van der Waals surface area contributed by atoms with Crippen molar-refractivity contribution in [1.29, 1.82) is 0 Å². The molecule has 1 saturated heterocycles. The first-order valence-electron chi connectivity index (χ1n) is 8.54. The molecule has 1 aliphatic rings. The van der Waals surface area contributed by atoms with Gasteiger partial charge in [-0.3, -0.25) is 19.7 Å². The van der Waals surface area contributed by atoms with Crippen molar-refractivity contribution in [3.05, 3.63) is 58.5 Å². The summed E-state index contributed by atoms with van der Waals surface area (Å²) in [7, 11) is 1.50. The Morgan fingerprint density at radius 3 is 2.52 bits per heavy atom. The average molecular weight is 414 g/mol. The number of nitrogens with one attached hydrogen (secondary N) is 1. The van der Waals surface area contributed by atoms with Crippen LogP contribution in [0.15, 0.2) is 47.4 Å². The number of hydrogen-bond donors (Lipinski definition) is 3. The fraction of sp³-hybridized carbons (Fsp3) is 0.150. The monoisotopic (exact) mass is 414 g/mol. The summed E-state index contributed by atoms with van der Waals surface area (Å²) in [5.74, 6) is -0.0290. The Morgan fingerprint density at radius 2 is 1.93 bits per heavy atom. The number of thioether (sulfide) groups is 1. The summed E-state index contributed by atoms with van der Waals surface area (Å²) in [6.07, 6.45) is 1.81. The molecule has 150 valence electrons. The highest BCUT2D eigenvalue weighted by Gasteiger charge is 2.25. The maximum absolute atomic E-state index is 11.7. The van der Waals surface area contributed by atoms with Gasteiger partial charge in [0.15, 0.2) is 11.5 Å². The van der Waals surface area contributed by atoms with E-state index in [9.17, 15) is 14.4 Å². The van der Waals surface area contributed by atoms with Gasteiger partial charge in [0.25, 0.3) is 11.1 Å². The van der Waals surface area contributed by atoms with Gasteiger partial charge in [-0.25, -0.2) is 0 Å². The Morgan fingerprint density at radius 1 is 1.21 bits per heavy atom. The van der Waals surface area contributed by atoms with E-state index in [4.69, 9.17) is 20.3 Å². The average Bonchev–Trinajstić information content (AvgIpc) is 3.01. The molecule has 8 nitrogen and oxygen atoms in total. The molecule has 0 bridgehead atoms. The lowest BCUT2D eigenvalue weighted by atomic mass is 10.1. The third-order valence-corrected chi connectivity index (χ3v) is 4.86. The highest BCUT2D eigenvalue weighted by molar-refractivity contribution is 8.18. The number of ether oxygens (including phenoxy) is 2. The first-order valence-corrected chi connectivity index (χ1v) is 9.35. The fourth-order valence-corrected chi connectivity index (χ4v) is 3.27. The van der Waals surface area contributed by atoms with Gasteiger partial charge >= 0.3 is 5.97 Å². The zero-order valence-corrected chi connectivity index (χ0v) is 16.2. The van der Waals surface area contributed by atoms with E-state index in [2.05, 4.69) is 5.32 Å². The SMILES string of the molecule is COc1cc(C=C2SC(=O)NC2=O)ccc1Oc1ccc(C[C@H](N)C(=O)O)cc1. The number of carboxylic acids is 1. The zero-order chi connectivity index (χ0) is 21.0. The third kappa shape index (κ3) is 5.15. The number of carboxylic acid groups (broad SMARTS) is 1. The van der Waals surface area contributed by atoms with Gasteiger partial charge in [0.1, 0.15) is 11.8 Å². The standard InChI is InChI=1S/C20H18N2O6S/c1-27-16-9-12(10-17-18(23)22-20(26)29-17)4-7-15(16)28-13-5-2-11(3-6-13)8-14(21)19(24)25/h2-7,9-10,14H,8,21H2,1H3,(H,24,25)(H,22,23,26)/t14-/m0/s1. The molecule has 2 aromatic rings. The molecular weight excluding hydrogens is 396 g/mol. The quantitative estimate of drug-likeness (QED) is 0.590. The second-order valence-corrected chi connectivity index (χ2v) is 7.17. The van der Waals surface area contributed by atoms with E-state index in [1.807, 2.05) is 0 Å². The number of nitrogens with two attached hydrogens (primary N) is 1. The molecular formula is C20H18N2O6S. The van der Waals surface area contributed by atoms with Crippen LogP contribution in [0.5, 0.6) is 17.2 Å². The van der Waals surface area contributed by atoms with Crippen molar-refractivity contribution in [2.75, 3.05) is 7.11 Å². The van der Waals surface area contributed by atoms with Crippen LogP contribution in [-0.2, 0) is 16.0 Å². The minimum absolute atomic E-state index is 0.219. The smallest absolute Gasteiger partial charge is 0.320 e. The normalized spacial score (nSPS) is 15.9. The minimum atomic E-state index is -1.05. The van der Waals surface area contributed by atoms with Crippen LogP contribution in [0.4, 0.5) is 4.79 Å². The fourth-order valence-electron chi connectivity index (χ4n) is 2.59. The largest absolute Gasteiger partial charge is 0.493 e. The van der Waals surface area contributed by atoms with Gasteiger partial charge in [0.05, 0.1) is 12.0 Å². The number of rotatable bonds is 7. The highest BCUT2D eigenvalue weighted by atomic mass is 32.2. The molecule has 0 unspecified atom stereocenters. The molecule has 1 aliphatic heterocycles. The van der Waals surface area contributed by atoms with E-state index in [-0.39, 0.29) is 6.42 Å². The lowest BCUT2D eigenvalue weighted by Crippen LogP contribution is -2.32. The Bertz CT molecular complexity index is 987. The van der Waals surface area contributed by atoms with Crippen LogP contribution in [0.3, 0.4) is 0 Å². The predicted octanol–water partition coefficient (Wildman–Crippen LogP) is 2.77. The van der Waals surface area contributed by atoms with Crippen LogP contribution in [0.1, 0.15) is 11.1 Å². The number of amides is 2. The van der Waals surface area contributed by atoms with E-state index in [1.165, 1.54) is 7.11 Å². The van der Waals surface area contributed by atoms with Gasteiger partial charge in [0, 0.05) is 0 Å². The van der Waals surface area contributed by atoms with Gasteiger partial charge in [-0.05, 0) is 59.7 Å². The molecule has 0 aromatic heterocycles. The topological polar surface area (TPSA) is 128 Å². The van der Waals surface area contributed by atoms with Gasteiger partial charge in [0.2, 0.25) is 0 Å². The molecule has 2 aromatic carbocycles. The summed E-state index contributed by atoms with van der Waals surface area (Å²) in [5.41, 5.74) is 7.00. The van der Waals surface area contributed by atoms with Crippen LogP contribution in [-0.4, -0.2) is 35.4 Å². The Labute approximate surface area is 170 Å². The van der Waals surface area contributed by atoms with Crippen molar-refractivity contribution in [1.82, 2.24) is 5.32 Å². The van der Waals surface area contributed by atoms with Gasteiger partial charge in [-0.2, -0.15) is 0 Å². The van der Waals surface area contributed by atoms with E-state index in [0.29, 0.717) is 27.7 Å². The number of carbonyl (C=O) groups excluding carboxylic acids is 2. The van der Waals surface area contributed by atoms with Crippen molar-refractivity contribution < 1.29 is 29.0 Å². The first kappa shape index (κ1) is 20.4. The van der Waals surface area contributed by atoms with E-state index < -0.39 is 23.2 Å². The number of benzene rings is 2. The molecule has 1 heterocycles. The number of imide groups is 1. The molecule has 0 saturated carbocycles. The second-order valence-electron chi connectivity index (χ2n) is 6.16. The van der Waals surface area contributed by atoms with Crippen LogP contribution in [0, 0.1) is 0 Å². The molecule has 0 aliphatic carbocycles. The van der Waals surface area contributed by atoms with Gasteiger partial charge in [-0.15, -0.1) is 0 Å². The maximum atomic E-state index is 11.7. The summed E-state index contributed by atoms with van der Waals surface area (Å²) in [6.45, 7) is 0. The molecule has 0 radical (unpaired) electrons. The number of aliphatic carboxylic acids is 1. The Balaban J connectivity index is 1.74. The van der Waals surface area contributed by atoms with Crippen molar-refractivity contribution in [2.45, 2.75) is 12.5 Å². The van der Waals surface area contributed by atoms with Gasteiger partial charge < -0.3 is 20.3 Å².